The lowest BCUT2D eigenvalue weighted by atomic mass is 10.1. The molecule has 4 rings (SSSR count). The van der Waals surface area contributed by atoms with Gasteiger partial charge in [-0.25, -0.2) is 0 Å². The highest BCUT2D eigenvalue weighted by Gasteiger charge is 2.14. The number of carbonyl (C=O) groups excluding carboxylic acids is 1. The van der Waals surface area contributed by atoms with E-state index in [1.165, 1.54) is 11.1 Å². The van der Waals surface area contributed by atoms with Crippen molar-refractivity contribution in [3.8, 4) is 0 Å². The number of aryl methyl sites for hydroxylation is 2. The third kappa shape index (κ3) is 3.08. The molecule has 0 aliphatic rings. The van der Waals surface area contributed by atoms with Crippen molar-refractivity contribution < 1.29 is 4.79 Å². The molecule has 0 atom stereocenters. The summed E-state index contributed by atoms with van der Waals surface area (Å²) in [6.45, 7) is 2.75. The topological polar surface area (TPSA) is 51.9 Å². The quantitative estimate of drug-likeness (QED) is 0.604. The van der Waals surface area contributed by atoms with E-state index in [1.54, 1.807) is 17.5 Å². The summed E-state index contributed by atoms with van der Waals surface area (Å²) in [5.74, 6) is -0.124. The maximum Gasteiger partial charge on any atom is 0.272 e. The molecular formula is C19H18N4OS. The average molecular weight is 350 g/mol. The standard InChI is InChI=1S/C19H18N4OS/c1-13-3-5-14(6-4-13)11-23-12-15(10-20-23)21-19(24)17-9-18-16(22(17)2)7-8-25-18/h3-10,12H,11H2,1-2H3,(H,21,24). The molecule has 3 heterocycles. The van der Waals surface area contributed by atoms with Gasteiger partial charge in [0.1, 0.15) is 5.69 Å². The van der Waals surface area contributed by atoms with E-state index in [4.69, 9.17) is 0 Å². The third-order valence-electron chi connectivity index (χ3n) is 4.25. The van der Waals surface area contributed by atoms with Crippen LogP contribution in [0.5, 0.6) is 0 Å². The minimum absolute atomic E-state index is 0.124. The van der Waals surface area contributed by atoms with Crippen LogP contribution in [-0.4, -0.2) is 20.3 Å². The Kier molecular flexibility index (Phi) is 3.89. The van der Waals surface area contributed by atoms with E-state index in [1.807, 2.05) is 40.0 Å². The zero-order valence-corrected chi connectivity index (χ0v) is 14.9. The molecule has 0 saturated carbocycles. The van der Waals surface area contributed by atoms with E-state index in [9.17, 15) is 4.79 Å². The number of rotatable bonds is 4. The number of hydrogen-bond acceptors (Lipinski definition) is 3. The van der Waals surface area contributed by atoms with Crippen LogP contribution in [-0.2, 0) is 13.6 Å². The van der Waals surface area contributed by atoms with Crippen LogP contribution < -0.4 is 5.32 Å². The van der Waals surface area contributed by atoms with Gasteiger partial charge in [-0.2, -0.15) is 5.10 Å². The maximum atomic E-state index is 12.5. The SMILES string of the molecule is Cc1ccc(Cn2cc(NC(=O)c3cc4sccc4n3C)cn2)cc1. The number of aromatic nitrogens is 3. The molecule has 126 valence electrons. The van der Waals surface area contributed by atoms with Crippen LogP contribution in [0.15, 0.2) is 54.2 Å². The maximum absolute atomic E-state index is 12.5. The number of nitrogens with one attached hydrogen (secondary N) is 1. The fourth-order valence-electron chi connectivity index (χ4n) is 2.86. The monoisotopic (exact) mass is 350 g/mol. The van der Waals surface area contributed by atoms with Crippen molar-refractivity contribution in [2.75, 3.05) is 5.32 Å². The Balaban J connectivity index is 1.48. The molecule has 6 heteroatoms. The molecule has 1 N–H and O–H groups in total. The van der Waals surface area contributed by atoms with Gasteiger partial charge in [-0.3, -0.25) is 9.48 Å². The number of anilines is 1. The fourth-order valence-corrected chi connectivity index (χ4v) is 3.71. The highest BCUT2D eigenvalue weighted by atomic mass is 32.1. The van der Waals surface area contributed by atoms with E-state index in [0.717, 1.165) is 10.2 Å². The lowest BCUT2D eigenvalue weighted by molar-refractivity contribution is 0.102. The first kappa shape index (κ1) is 15.7. The Bertz CT molecular complexity index is 1040. The largest absolute Gasteiger partial charge is 0.339 e. The Morgan fingerprint density at radius 3 is 2.80 bits per heavy atom. The van der Waals surface area contributed by atoms with Gasteiger partial charge in [0.2, 0.25) is 0 Å². The van der Waals surface area contributed by atoms with Gasteiger partial charge in [-0.05, 0) is 30.0 Å². The van der Waals surface area contributed by atoms with Crippen LogP contribution >= 0.6 is 11.3 Å². The summed E-state index contributed by atoms with van der Waals surface area (Å²) in [5, 5.41) is 9.29. The van der Waals surface area contributed by atoms with Crippen LogP contribution in [0.4, 0.5) is 5.69 Å². The van der Waals surface area contributed by atoms with E-state index < -0.39 is 0 Å². The number of hydrogen-bond donors (Lipinski definition) is 1. The highest BCUT2D eigenvalue weighted by Crippen LogP contribution is 2.24. The Morgan fingerprint density at radius 1 is 1.24 bits per heavy atom. The highest BCUT2D eigenvalue weighted by molar-refractivity contribution is 7.17. The number of fused-ring (bicyclic) bond motifs is 1. The van der Waals surface area contributed by atoms with Crippen molar-refractivity contribution in [1.29, 1.82) is 0 Å². The lowest BCUT2D eigenvalue weighted by Gasteiger charge is -2.04. The number of nitrogens with zero attached hydrogens (tertiary/aromatic N) is 3. The molecule has 0 unspecified atom stereocenters. The first-order chi connectivity index (χ1) is 12.1. The van der Waals surface area contributed by atoms with Crippen LogP contribution in [0.25, 0.3) is 10.2 Å². The Morgan fingerprint density at radius 2 is 2.04 bits per heavy atom. The normalized spacial score (nSPS) is 11.1. The predicted octanol–water partition coefficient (Wildman–Crippen LogP) is 4.05. The molecular weight excluding hydrogens is 332 g/mol. The molecule has 0 aliphatic heterocycles. The Labute approximate surface area is 149 Å². The fraction of sp³-hybridized carbons (Fsp3) is 0.158. The second kappa shape index (κ2) is 6.22. The van der Waals surface area contributed by atoms with Crippen molar-refractivity contribution in [2.45, 2.75) is 13.5 Å². The smallest absolute Gasteiger partial charge is 0.272 e. The van der Waals surface area contributed by atoms with Gasteiger partial charge < -0.3 is 9.88 Å². The molecule has 25 heavy (non-hydrogen) atoms. The summed E-state index contributed by atoms with van der Waals surface area (Å²) in [7, 11) is 1.91. The number of thiophene rings is 1. The predicted molar refractivity (Wildman–Crippen MR) is 101 cm³/mol. The first-order valence-electron chi connectivity index (χ1n) is 8.02. The second-order valence-corrected chi connectivity index (χ2v) is 7.07. The average Bonchev–Trinajstić information content (AvgIpc) is 3.28. The van der Waals surface area contributed by atoms with Gasteiger partial charge in [0.05, 0.1) is 28.6 Å². The number of amides is 1. The summed E-state index contributed by atoms with van der Waals surface area (Å²) in [6.07, 6.45) is 3.53. The minimum Gasteiger partial charge on any atom is -0.339 e. The summed E-state index contributed by atoms with van der Waals surface area (Å²) in [5.41, 5.74) is 4.83. The molecule has 1 amide bonds. The van der Waals surface area contributed by atoms with Gasteiger partial charge in [0.15, 0.2) is 0 Å². The van der Waals surface area contributed by atoms with Crippen LogP contribution in [0.3, 0.4) is 0 Å². The minimum atomic E-state index is -0.124. The van der Waals surface area contributed by atoms with Crippen molar-refractivity contribution in [3.63, 3.8) is 0 Å². The summed E-state index contributed by atoms with van der Waals surface area (Å²) in [4.78, 5) is 12.5. The number of benzene rings is 1. The third-order valence-corrected chi connectivity index (χ3v) is 5.11. The zero-order valence-electron chi connectivity index (χ0n) is 14.1. The van der Waals surface area contributed by atoms with Crippen LogP contribution in [0.2, 0.25) is 0 Å². The van der Waals surface area contributed by atoms with Crippen molar-refractivity contribution in [1.82, 2.24) is 14.3 Å². The van der Waals surface area contributed by atoms with Gasteiger partial charge >= 0.3 is 0 Å². The lowest BCUT2D eigenvalue weighted by Crippen LogP contribution is -2.15. The molecule has 0 spiro atoms. The molecule has 0 bridgehead atoms. The molecule has 0 saturated heterocycles. The van der Waals surface area contributed by atoms with Gasteiger partial charge in [0.25, 0.3) is 5.91 Å². The summed E-state index contributed by atoms with van der Waals surface area (Å²) < 4.78 is 4.85. The molecule has 0 radical (unpaired) electrons. The van der Waals surface area contributed by atoms with Crippen molar-refractivity contribution in [2.24, 2.45) is 7.05 Å². The first-order valence-corrected chi connectivity index (χ1v) is 8.90. The van der Waals surface area contributed by atoms with E-state index in [0.29, 0.717) is 17.9 Å². The van der Waals surface area contributed by atoms with Gasteiger partial charge in [-0.1, -0.05) is 29.8 Å². The van der Waals surface area contributed by atoms with Crippen molar-refractivity contribution in [3.05, 3.63) is 71.0 Å². The van der Waals surface area contributed by atoms with Gasteiger partial charge in [0, 0.05) is 13.2 Å². The molecule has 4 aromatic rings. The second-order valence-electron chi connectivity index (χ2n) is 6.12. The Hall–Kier alpha value is -2.86. The van der Waals surface area contributed by atoms with Gasteiger partial charge in [-0.15, -0.1) is 11.3 Å². The van der Waals surface area contributed by atoms with Crippen LogP contribution in [0.1, 0.15) is 21.6 Å². The van der Waals surface area contributed by atoms with E-state index >= 15 is 0 Å². The van der Waals surface area contributed by atoms with E-state index in [-0.39, 0.29) is 5.91 Å². The van der Waals surface area contributed by atoms with E-state index in [2.05, 4.69) is 41.6 Å². The van der Waals surface area contributed by atoms with Crippen LogP contribution in [0, 0.1) is 6.92 Å². The molecule has 0 fully saturated rings. The van der Waals surface area contributed by atoms with Crippen molar-refractivity contribution >= 4 is 33.1 Å². The number of carbonyl (C=O) groups is 1. The zero-order chi connectivity index (χ0) is 17.4. The molecule has 3 aromatic heterocycles. The summed E-state index contributed by atoms with van der Waals surface area (Å²) in [6, 6.07) is 12.3. The molecule has 5 nitrogen and oxygen atoms in total. The molecule has 0 aliphatic carbocycles. The summed E-state index contributed by atoms with van der Waals surface area (Å²) >= 11 is 1.64. The molecule has 1 aromatic carbocycles.